The number of aryl methyl sites for hydroxylation is 1. The number of hydrogen-bond donors (Lipinski definition) is 1. The molecule has 2 aromatic carbocycles. The first-order chi connectivity index (χ1) is 33.1. The summed E-state index contributed by atoms with van der Waals surface area (Å²) in [6, 6.07) is 11.6. The van der Waals surface area contributed by atoms with Crippen LogP contribution >= 0.6 is 19.2 Å². The van der Waals surface area contributed by atoms with Crippen LogP contribution in [0, 0.1) is 6.92 Å². The number of carbonyl (C=O) groups excluding carboxylic acids is 1. The van der Waals surface area contributed by atoms with Gasteiger partial charge in [0.05, 0.1) is 36.3 Å². The molecule has 2 aliphatic heterocycles. The predicted octanol–water partition coefficient (Wildman–Crippen LogP) is 10.4. The Hall–Kier alpha value is -4.07. The van der Waals surface area contributed by atoms with E-state index in [9.17, 15) is 22.3 Å². The fourth-order valence-electron chi connectivity index (χ4n) is 9.38. The number of ether oxygens (including phenoxy) is 1. The van der Waals surface area contributed by atoms with Crippen molar-refractivity contribution in [3.05, 3.63) is 99.3 Å². The third-order valence-corrected chi connectivity index (χ3v) is 16.2. The zero-order valence-corrected chi connectivity index (χ0v) is 45.4. The predicted molar refractivity (Wildman–Crippen MR) is 271 cm³/mol. The number of carbonyl (C=O) groups is 1. The third kappa shape index (κ3) is 16.5. The highest BCUT2D eigenvalue weighted by atomic mass is 35.5. The average Bonchev–Trinajstić information content (AvgIpc) is 3.66. The minimum Gasteiger partial charge on any atom is -0.468 e. The van der Waals surface area contributed by atoms with Crippen molar-refractivity contribution in [2.45, 2.75) is 141 Å². The molecule has 0 amide bonds. The summed E-state index contributed by atoms with van der Waals surface area (Å²) in [5.74, 6) is 0. The molecule has 2 heterocycles. The Morgan fingerprint density at radius 2 is 1.49 bits per heavy atom. The molecule has 5 rings (SSSR count). The van der Waals surface area contributed by atoms with Gasteiger partial charge in [-0.3, -0.25) is 13.9 Å². The van der Waals surface area contributed by atoms with Crippen molar-refractivity contribution < 1.29 is 65.9 Å². The average molecular weight is 1070 g/mol. The second kappa shape index (κ2) is 28.2. The summed E-state index contributed by atoms with van der Waals surface area (Å²) in [5, 5.41) is 0.733. The Labute approximate surface area is 422 Å². The summed E-state index contributed by atoms with van der Waals surface area (Å²) in [6.45, 7) is 17.5. The van der Waals surface area contributed by atoms with Gasteiger partial charge in [-0.15, -0.1) is 25.3 Å². The molecule has 2 unspecified atom stereocenters. The van der Waals surface area contributed by atoms with Crippen molar-refractivity contribution in [1.29, 1.82) is 0 Å². The van der Waals surface area contributed by atoms with Crippen molar-refractivity contribution in [2.24, 2.45) is 0 Å². The van der Waals surface area contributed by atoms with Crippen LogP contribution in [0.4, 0.5) is 11.4 Å². The molecule has 2 atom stereocenters. The number of allylic oxidation sites excluding steroid dienone is 8. The molecule has 388 valence electrons. The quantitative estimate of drug-likeness (QED) is 0.0339. The van der Waals surface area contributed by atoms with E-state index < -0.39 is 44.3 Å². The number of fused-ring (bicyclic) bond motifs is 2. The molecule has 2 aromatic rings. The highest BCUT2D eigenvalue weighted by Crippen LogP contribution is 2.56. The Balaban J connectivity index is 0.00000150. The van der Waals surface area contributed by atoms with Gasteiger partial charge < -0.3 is 18.7 Å². The lowest BCUT2D eigenvalue weighted by Crippen LogP contribution is -2.31. The molecular weight excluding hydrogens is 1000 g/mol. The van der Waals surface area contributed by atoms with Crippen LogP contribution in [-0.4, -0.2) is 94.1 Å². The molecule has 0 saturated carbocycles. The monoisotopic (exact) mass is 1070 g/mol. The fraction of sp³-hybridized carbons (Fsp3) is 0.551. The van der Waals surface area contributed by atoms with Crippen molar-refractivity contribution in [2.75, 3.05) is 44.0 Å². The van der Waals surface area contributed by atoms with E-state index in [2.05, 4.69) is 79.7 Å². The lowest BCUT2D eigenvalue weighted by atomic mass is 9.75. The summed E-state index contributed by atoms with van der Waals surface area (Å²) in [5.41, 5.74) is 8.78. The molecule has 0 fully saturated rings. The van der Waals surface area contributed by atoms with Gasteiger partial charge in [-0.05, 0) is 133 Å². The van der Waals surface area contributed by atoms with E-state index in [1.54, 1.807) is 26.0 Å². The van der Waals surface area contributed by atoms with Gasteiger partial charge in [-0.25, -0.2) is 0 Å². The fourth-order valence-corrected chi connectivity index (χ4v) is 12.0. The molecule has 0 aromatic heterocycles. The number of unbranched alkanes of at least 4 members (excludes halogenated alkanes) is 4. The first-order valence-electron chi connectivity index (χ1n) is 23.7. The van der Waals surface area contributed by atoms with Crippen LogP contribution in [0.5, 0.6) is 0 Å². The van der Waals surface area contributed by atoms with E-state index in [1.807, 2.05) is 6.92 Å². The van der Waals surface area contributed by atoms with Crippen molar-refractivity contribution in [3.8, 4) is 0 Å². The highest BCUT2D eigenvalue weighted by molar-refractivity contribution is 7.85. The van der Waals surface area contributed by atoms with Crippen LogP contribution in [0.2, 0.25) is 0 Å². The summed E-state index contributed by atoms with van der Waals surface area (Å²) in [6.07, 6.45) is 19.6. The number of anilines is 1. The standard InChI is InChI=1S/C49H68ClN2O8PS.2O3S/c1-8-12-28-48(6)41-34-37(5)20-24-43(41)52(31-15-14-16-32-58-36-53)45(48)26-21-38-18-17-19-39(47(38)50)22-27-46-49(7,29-33-61(54,59-10-3)60-11-4)42-35-40(62(55,56)57)23-25-44(42)51(46)30-13-9-2;2*1-4(2)3/h20-27,34-36H,8-19,28-33H2,1-7H3;;/p+1. The molecule has 16 nitrogen and oxygen atoms in total. The number of nitrogens with zero attached hydrogens (tertiary/aromatic N) is 2. The zero-order valence-electron chi connectivity index (χ0n) is 41.3. The van der Waals surface area contributed by atoms with Crippen molar-refractivity contribution >= 4 is 74.1 Å². The first kappa shape index (κ1) is 60.2. The normalized spacial score (nSPS) is 20.0. The van der Waals surface area contributed by atoms with E-state index >= 15 is 0 Å². The molecule has 0 radical (unpaired) electrons. The molecule has 1 N–H and O–H groups in total. The van der Waals surface area contributed by atoms with E-state index in [1.165, 1.54) is 28.6 Å². The van der Waals surface area contributed by atoms with Gasteiger partial charge >= 0.3 is 28.8 Å². The molecule has 21 heteroatoms. The Morgan fingerprint density at radius 1 is 0.829 bits per heavy atom. The summed E-state index contributed by atoms with van der Waals surface area (Å²) in [7, 11) is -14.2. The van der Waals surface area contributed by atoms with Gasteiger partial charge in [-0.1, -0.05) is 68.5 Å². The van der Waals surface area contributed by atoms with Crippen LogP contribution < -0.4 is 4.90 Å². The van der Waals surface area contributed by atoms with E-state index in [4.69, 9.17) is 50.6 Å². The van der Waals surface area contributed by atoms with Crippen LogP contribution in [0.25, 0.3) is 0 Å². The molecule has 0 bridgehead atoms. The van der Waals surface area contributed by atoms with Gasteiger partial charge in [0.15, 0.2) is 5.71 Å². The molecule has 0 saturated heterocycles. The zero-order chi connectivity index (χ0) is 52.3. The summed E-state index contributed by atoms with van der Waals surface area (Å²) >= 11 is 7.40. The van der Waals surface area contributed by atoms with Crippen LogP contribution in [0.15, 0.2) is 87.5 Å². The smallest absolute Gasteiger partial charge is 0.425 e. The van der Waals surface area contributed by atoms with Crippen LogP contribution in [-0.2, 0) is 65.3 Å². The Kier molecular flexibility index (Phi) is 24.3. The first-order valence-corrected chi connectivity index (χ1v) is 29.2. The summed E-state index contributed by atoms with van der Waals surface area (Å²) in [4.78, 5) is 12.7. The molecule has 1 aliphatic carbocycles. The lowest BCUT2D eigenvalue weighted by Gasteiger charge is -2.31. The number of hydrogen-bond acceptors (Lipinski definition) is 14. The molecular formula is C49H69ClN2O14PS3+. The molecule has 70 heavy (non-hydrogen) atoms. The maximum atomic E-state index is 13.9. The minimum atomic E-state index is -4.49. The van der Waals surface area contributed by atoms with Crippen LogP contribution in [0.1, 0.15) is 135 Å². The summed E-state index contributed by atoms with van der Waals surface area (Å²) < 4.78 is 118. The van der Waals surface area contributed by atoms with Gasteiger partial charge in [0.1, 0.15) is 6.54 Å². The Bertz CT molecular complexity index is 2670. The lowest BCUT2D eigenvalue weighted by molar-refractivity contribution is -0.438. The Morgan fingerprint density at radius 3 is 2.09 bits per heavy atom. The number of rotatable bonds is 24. The van der Waals surface area contributed by atoms with Gasteiger partial charge in [0.2, 0.25) is 5.69 Å². The van der Waals surface area contributed by atoms with E-state index in [-0.39, 0.29) is 29.7 Å². The second-order valence-electron chi connectivity index (χ2n) is 17.6. The SMILES string of the molecule is CCCCN1/C(=C\C=C2/CCCC(/C=C/C3=[N+](CCCCCOC=O)c4ccc(C)cc4C3(C)CCCC)=C2Cl)C(C)(CCP(=O)(OCC)OCC)c2cc(S(=O)(=O)O)ccc21.O=S(=O)=O.O=S(=O)=O. The third-order valence-electron chi connectivity index (χ3n) is 12.8. The van der Waals surface area contributed by atoms with E-state index in [0.29, 0.717) is 26.0 Å². The number of halogens is 1. The minimum absolute atomic E-state index is 0.122. The maximum absolute atomic E-state index is 13.9. The van der Waals surface area contributed by atoms with E-state index in [0.717, 1.165) is 110 Å². The van der Waals surface area contributed by atoms with Gasteiger partial charge in [0, 0.05) is 52.5 Å². The van der Waals surface area contributed by atoms with Gasteiger partial charge in [0.25, 0.3) is 16.6 Å². The maximum Gasteiger partial charge on any atom is 0.425 e. The largest absolute Gasteiger partial charge is 0.468 e. The highest BCUT2D eigenvalue weighted by Gasteiger charge is 2.48. The molecule has 3 aliphatic rings. The van der Waals surface area contributed by atoms with Gasteiger partial charge in [-0.2, -0.15) is 13.0 Å². The second-order valence-corrected chi connectivity index (χ2v) is 22.4. The van der Waals surface area contributed by atoms with Crippen molar-refractivity contribution in [3.63, 3.8) is 0 Å². The van der Waals surface area contributed by atoms with Crippen molar-refractivity contribution in [1.82, 2.24) is 0 Å². The molecule has 0 spiro atoms. The number of benzene rings is 2. The topological polar surface area (TPSA) is 225 Å². The van der Waals surface area contributed by atoms with Crippen LogP contribution in [0.3, 0.4) is 0 Å².